The van der Waals surface area contributed by atoms with Crippen molar-refractivity contribution in [1.82, 2.24) is 9.21 Å². The van der Waals surface area contributed by atoms with Gasteiger partial charge in [-0.1, -0.05) is 24.6 Å². The van der Waals surface area contributed by atoms with Crippen LogP contribution >= 0.6 is 0 Å². The number of hydrogen-bond donors (Lipinski definition) is 1. The molecular weight excluding hydrogens is 430 g/mol. The van der Waals surface area contributed by atoms with Crippen LogP contribution in [0, 0.1) is 13.8 Å². The number of hydrogen-bond acceptors (Lipinski definition) is 5. The maximum absolute atomic E-state index is 13.2. The summed E-state index contributed by atoms with van der Waals surface area (Å²) in [6, 6.07) is 10.2. The van der Waals surface area contributed by atoms with E-state index in [1.54, 1.807) is 11.0 Å². The normalized spacial score (nSPS) is 19.2. The molecule has 4 rings (SSSR count). The Morgan fingerprint density at radius 2 is 1.81 bits per heavy atom. The van der Waals surface area contributed by atoms with E-state index in [0.717, 1.165) is 11.1 Å². The summed E-state index contributed by atoms with van der Waals surface area (Å²) in [7, 11) is -3.77. The van der Waals surface area contributed by atoms with Gasteiger partial charge in [-0.25, -0.2) is 8.42 Å². The zero-order valence-electron chi connectivity index (χ0n) is 18.4. The first-order valence-electron chi connectivity index (χ1n) is 10.7. The lowest BCUT2D eigenvalue weighted by molar-refractivity contribution is -0.123. The van der Waals surface area contributed by atoms with Crippen molar-refractivity contribution in [1.29, 1.82) is 0 Å². The Hall–Kier alpha value is -2.91. The predicted molar refractivity (Wildman–Crippen MR) is 120 cm³/mol. The lowest BCUT2D eigenvalue weighted by Gasteiger charge is -2.34. The van der Waals surface area contributed by atoms with Crippen LogP contribution in [0.25, 0.3) is 0 Å². The second-order valence-corrected chi connectivity index (χ2v) is 10.1. The number of benzene rings is 2. The van der Waals surface area contributed by atoms with Crippen LogP contribution < -0.4 is 10.1 Å². The molecule has 2 heterocycles. The standard InChI is InChI=1S/C23H27N3O5S/c1-4-20-22(27)24-19-14-17(6-8-21(19)31-20)32(29,30)26-11-9-25(10-12-26)23(28)18-7-5-15(2)13-16(18)3/h5-8,13-14,20H,4,9-12H2,1-3H3,(H,24,27)/t20-/m1/s1. The summed E-state index contributed by atoms with van der Waals surface area (Å²) >= 11 is 0. The molecule has 0 bridgehead atoms. The van der Waals surface area contributed by atoms with Crippen LogP contribution in [-0.4, -0.2) is 61.7 Å². The van der Waals surface area contributed by atoms with Crippen LogP contribution in [-0.2, 0) is 14.8 Å². The molecule has 0 radical (unpaired) electrons. The van der Waals surface area contributed by atoms with Gasteiger partial charge in [0.15, 0.2) is 6.10 Å². The summed E-state index contributed by atoms with van der Waals surface area (Å²) in [5, 5.41) is 2.73. The largest absolute Gasteiger partial charge is 0.478 e. The maximum Gasteiger partial charge on any atom is 0.265 e. The average Bonchev–Trinajstić information content (AvgIpc) is 2.78. The first-order chi connectivity index (χ1) is 15.2. The van der Waals surface area contributed by atoms with E-state index in [2.05, 4.69) is 5.32 Å². The van der Waals surface area contributed by atoms with E-state index >= 15 is 0 Å². The van der Waals surface area contributed by atoms with Gasteiger partial charge in [-0.3, -0.25) is 9.59 Å². The number of ether oxygens (including phenoxy) is 1. The van der Waals surface area contributed by atoms with Crippen LogP contribution in [0.1, 0.15) is 34.8 Å². The molecule has 1 fully saturated rings. The molecule has 2 aliphatic heterocycles. The fraction of sp³-hybridized carbons (Fsp3) is 0.391. The van der Waals surface area contributed by atoms with Crippen molar-refractivity contribution in [3.8, 4) is 5.75 Å². The number of fused-ring (bicyclic) bond motifs is 1. The SMILES string of the molecule is CC[C@H]1Oc2ccc(S(=O)(=O)N3CCN(C(=O)c4ccc(C)cc4C)CC3)cc2NC1=O. The first kappa shape index (κ1) is 22.3. The van der Waals surface area contributed by atoms with Gasteiger partial charge in [-0.15, -0.1) is 0 Å². The Morgan fingerprint density at radius 1 is 1.09 bits per heavy atom. The van der Waals surface area contributed by atoms with Crippen molar-refractivity contribution in [3.63, 3.8) is 0 Å². The zero-order chi connectivity index (χ0) is 23.0. The molecule has 0 aliphatic carbocycles. The number of aryl methyl sites for hydroxylation is 2. The Kier molecular flexibility index (Phi) is 5.96. The van der Waals surface area contributed by atoms with E-state index in [0.29, 0.717) is 36.5 Å². The van der Waals surface area contributed by atoms with Gasteiger partial charge in [0.1, 0.15) is 5.75 Å². The fourth-order valence-electron chi connectivity index (χ4n) is 4.06. The number of rotatable bonds is 4. The Bertz CT molecular complexity index is 1170. The molecule has 1 atom stereocenters. The minimum absolute atomic E-state index is 0.0846. The highest BCUT2D eigenvalue weighted by atomic mass is 32.2. The summed E-state index contributed by atoms with van der Waals surface area (Å²) in [5.74, 6) is 0.0889. The lowest BCUT2D eigenvalue weighted by Crippen LogP contribution is -2.50. The van der Waals surface area contributed by atoms with E-state index in [-0.39, 0.29) is 29.8 Å². The molecule has 32 heavy (non-hydrogen) atoms. The van der Waals surface area contributed by atoms with Crippen molar-refractivity contribution < 1.29 is 22.7 Å². The number of piperazine rings is 1. The van der Waals surface area contributed by atoms with Gasteiger partial charge in [0, 0.05) is 31.7 Å². The zero-order valence-corrected chi connectivity index (χ0v) is 19.2. The molecule has 0 saturated carbocycles. The van der Waals surface area contributed by atoms with Crippen LogP contribution in [0.4, 0.5) is 5.69 Å². The highest BCUT2D eigenvalue weighted by Crippen LogP contribution is 2.33. The van der Waals surface area contributed by atoms with Gasteiger partial charge in [0.2, 0.25) is 10.0 Å². The summed E-state index contributed by atoms with van der Waals surface area (Å²) < 4.78 is 33.4. The Morgan fingerprint density at radius 3 is 2.47 bits per heavy atom. The van der Waals surface area contributed by atoms with Gasteiger partial charge in [0.05, 0.1) is 10.6 Å². The topological polar surface area (TPSA) is 96.0 Å². The highest BCUT2D eigenvalue weighted by molar-refractivity contribution is 7.89. The molecule has 0 spiro atoms. The molecule has 2 amide bonds. The number of sulfonamides is 1. The molecule has 0 aromatic heterocycles. The van der Waals surface area contributed by atoms with Crippen molar-refractivity contribution >= 4 is 27.5 Å². The highest BCUT2D eigenvalue weighted by Gasteiger charge is 2.33. The average molecular weight is 458 g/mol. The number of carbonyl (C=O) groups is 2. The molecule has 2 aliphatic rings. The minimum atomic E-state index is -3.77. The monoisotopic (exact) mass is 457 g/mol. The molecule has 8 nitrogen and oxygen atoms in total. The molecule has 0 unspecified atom stereocenters. The van der Waals surface area contributed by atoms with E-state index in [1.807, 2.05) is 39.0 Å². The maximum atomic E-state index is 13.2. The minimum Gasteiger partial charge on any atom is -0.478 e. The first-order valence-corrected chi connectivity index (χ1v) is 12.1. The van der Waals surface area contributed by atoms with Crippen molar-refractivity contribution in [2.45, 2.75) is 38.2 Å². The van der Waals surface area contributed by atoms with E-state index in [4.69, 9.17) is 4.74 Å². The summed E-state index contributed by atoms with van der Waals surface area (Å²) in [5.41, 5.74) is 2.99. The third-order valence-electron chi connectivity index (χ3n) is 5.92. The number of nitrogens with zero attached hydrogens (tertiary/aromatic N) is 2. The predicted octanol–water partition coefficient (Wildman–Crippen LogP) is 2.56. The molecule has 2 aromatic rings. The van der Waals surface area contributed by atoms with Gasteiger partial charge in [0.25, 0.3) is 11.8 Å². The third kappa shape index (κ3) is 4.10. The Balaban J connectivity index is 1.47. The Labute approximate surface area is 188 Å². The second kappa shape index (κ2) is 8.55. The fourth-order valence-corrected chi connectivity index (χ4v) is 5.51. The molecule has 1 saturated heterocycles. The van der Waals surface area contributed by atoms with Crippen LogP contribution in [0.2, 0.25) is 0 Å². The van der Waals surface area contributed by atoms with Crippen LogP contribution in [0.5, 0.6) is 5.75 Å². The van der Waals surface area contributed by atoms with E-state index in [1.165, 1.54) is 16.4 Å². The lowest BCUT2D eigenvalue weighted by atomic mass is 10.0. The molecule has 170 valence electrons. The quantitative estimate of drug-likeness (QED) is 0.761. The smallest absolute Gasteiger partial charge is 0.265 e. The molecule has 1 N–H and O–H groups in total. The molecule has 9 heteroatoms. The second-order valence-electron chi connectivity index (χ2n) is 8.18. The molecular formula is C23H27N3O5S. The van der Waals surface area contributed by atoms with Crippen molar-refractivity contribution in [2.75, 3.05) is 31.5 Å². The van der Waals surface area contributed by atoms with Crippen LogP contribution in [0.3, 0.4) is 0 Å². The van der Waals surface area contributed by atoms with Gasteiger partial charge in [-0.05, 0) is 50.1 Å². The number of amides is 2. The molecule has 2 aromatic carbocycles. The van der Waals surface area contributed by atoms with Crippen molar-refractivity contribution in [2.24, 2.45) is 0 Å². The van der Waals surface area contributed by atoms with Gasteiger partial charge in [-0.2, -0.15) is 4.31 Å². The van der Waals surface area contributed by atoms with E-state index < -0.39 is 16.1 Å². The summed E-state index contributed by atoms with van der Waals surface area (Å²) in [4.78, 5) is 26.8. The number of anilines is 1. The number of carbonyl (C=O) groups excluding carboxylic acids is 2. The van der Waals surface area contributed by atoms with E-state index in [9.17, 15) is 18.0 Å². The third-order valence-corrected chi connectivity index (χ3v) is 7.81. The van der Waals surface area contributed by atoms with Crippen LogP contribution in [0.15, 0.2) is 41.3 Å². The van der Waals surface area contributed by atoms with Gasteiger partial charge >= 0.3 is 0 Å². The van der Waals surface area contributed by atoms with Gasteiger partial charge < -0.3 is 15.0 Å². The summed E-state index contributed by atoms with van der Waals surface area (Å²) in [6.45, 7) is 6.77. The summed E-state index contributed by atoms with van der Waals surface area (Å²) in [6.07, 6.45) is -0.0519. The van der Waals surface area contributed by atoms with Crippen molar-refractivity contribution in [3.05, 3.63) is 53.1 Å². The number of nitrogens with one attached hydrogen (secondary N) is 1.